The number of carbonyl (C=O) groups is 1. The number of aromatic nitrogens is 6. The van der Waals surface area contributed by atoms with Crippen molar-refractivity contribution in [3.8, 4) is 11.4 Å². The van der Waals surface area contributed by atoms with Crippen LogP contribution in [0.5, 0.6) is 0 Å². The summed E-state index contributed by atoms with van der Waals surface area (Å²) in [5.41, 5.74) is -1.15. The van der Waals surface area contributed by atoms with Gasteiger partial charge in [-0.1, -0.05) is 6.92 Å². The number of hydrogen-bond acceptors (Lipinski definition) is 5. The van der Waals surface area contributed by atoms with Gasteiger partial charge in [0.2, 0.25) is 0 Å². The lowest BCUT2D eigenvalue weighted by molar-refractivity contribution is -0.137. The van der Waals surface area contributed by atoms with Crippen molar-refractivity contribution in [2.45, 2.75) is 50.5 Å². The van der Waals surface area contributed by atoms with E-state index in [0.29, 0.717) is 12.5 Å². The van der Waals surface area contributed by atoms with Crippen molar-refractivity contribution in [2.75, 3.05) is 5.32 Å². The molecule has 3 aromatic rings. The zero-order chi connectivity index (χ0) is 23.4. The lowest BCUT2D eigenvalue weighted by Gasteiger charge is -2.63. The smallest absolute Gasteiger partial charge is 0.318 e. The quantitative estimate of drug-likeness (QED) is 0.643. The molecule has 174 valence electrons. The third-order valence-electron chi connectivity index (χ3n) is 6.47. The van der Waals surface area contributed by atoms with E-state index in [1.807, 2.05) is 9.47 Å². The number of benzene rings is 1. The number of fused-ring (bicyclic) bond motifs is 2. The van der Waals surface area contributed by atoms with Crippen LogP contribution in [0.4, 0.5) is 23.7 Å². The maximum Gasteiger partial charge on any atom is 0.417 e. The molecule has 33 heavy (non-hydrogen) atoms. The number of hydrogen-bond donors (Lipinski definition) is 1. The van der Waals surface area contributed by atoms with E-state index in [-0.39, 0.29) is 34.7 Å². The van der Waals surface area contributed by atoms with Crippen LogP contribution in [0, 0.1) is 5.92 Å². The summed E-state index contributed by atoms with van der Waals surface area (Å²) in [5, 5.41) is 14.5. The van der Waals surface area contributed by atoms with Gasteiger partial charge in [-0.3, -0.25) is 4.68 Å². The zero-order valence-electron chi connectivity index (χ0n) is 18.1. The van der Waals surface area contributed by atoms with E-state index in [4.69, 9.17) is 0 Å². The highest BCUT2D eigenvalue weighted by molar-refractivity contribution is 5.92. The Morgan fingerprint density at radius 2 is 1.97 bits per heavy atom. The fourth-order valence-electron chi connectivity index (χ4n) is 5.40. The minimum atomic E-state index is -4.58. The van der Waals surface area contributed by atoms with Gasteiger partial charge in [0.1, 0.15) is 19.0 Å². The van der Waals surface area contributed by atoms with Crippen LogP contribution in [0.2, 0.25) is 0 Å². The molecule has 12 heteroatoms. The van der Waals surface area contributed by atoms with Crippen LogP contribution < -0.4 is 5.32 Å². The molecule has 3 fully saturated rings. The highest BCUT2D eigenvalue weighted by Crippen LogP contribution is 2.51. The van der Waals surface area contributed by atoms with Crippen molar-refractivity contribution in [3.63, 3.8) is 0 Å². The Kier molecular flexibility index (Phi) is 4.91. The van der Waals surface area contributed by atoms with E-state index < -0.39 is 11.7 Å². The zero-order valence-corrected chi connectivity index (χ0v) is 18.1. The average molecular weight is 460 g/mol. The Balaban J connectivity index is 1.42. The van der Waals surface area contributed by atoms with E-state index in [9.17, 15) is 18.0 Å². The summed E-state index contributed by atoms with van der Waals surface area (Å²) < 4.78 is 43.9. The molecule has 1 N–H and O–H groups in total. The fraction of sp³-hybridized carbons (Fsp3) is 0.476. The maximum absolute atomic E-state index is 13.6. The van der Waals surface area contributed by atoms with Gasteiger partial charge < -0.3 is 14.8 Å². The Hall–Kier alpha value is -3.44. The molecule has 2 aromatic heterocycles. The first kappa shape index (κ1) is 21.4. The Morgan fingerprint density at radius 3 is 2.64 bits per heavy atom. The number of urea groups is 1. The highest BCUT2D eigenvalue weighted by Gasteiger charge is 2.58. The first-order valence-electron chi connectivity index (χ1n) is 10.6. The molecule has 1 aliphatic carbocycles. The summed E-state index contributed by atoms with van der Waals surface area (Å²) in [6, 6.07) is 3.26. The molecule has 0 spiro atoms. The molecule has 1 aromatic carbocycles. The van der Waals surface area contributed by atoms with Gasteiger partial charge in [0.15, 0.2) is 5.82 Å². The summed E-state index contributed by atoms with van der Waals surface area (Å²) in [4.78, 5) is 19.1. The van der Waals surface area contributed by atoms with Crippen molar-refractivity contribution in [1.82, 2.24) is 34.4 Å². The lowest BCUT2D eigenvalue weighted by atomic mass is 9.64. The number of piperidine rings is 1. The topological polar surface area (TPSA) is 93.8 Å². The summed E-state index contributed by atoms with van der Waals surface area (Å²) >= 11 is 0. The van der Waals surface area contributed by atoms with Crippen molar-refractivity contribution < 1.29 is 18.0 Å². The number of rotatable bonds is 4. The summed E-state index contributed by atoms with van der Waals surface area (Å²) in [6.45, 7) is 2.74. The first-order chi connectivity index (χ1) is 15.6. The van der Waals surface area contributed by atoms with Gasteiger partial charge >= 0.3 is 12.2 Å². The second-order valence-corrected chi connectivity index (χ2v) is 9.06. The minimum absolute atomic E-state index is 0.0559. The second kappa shape index (κ2) is 7.56. The summed E-state index contributed by atoms with van der Waals surface area (Å²) in [5.74, 6) is 0.414. The molecule has 0 unspecified atom stereocenters. The summed E-state index contributed by atoms with van der Waals surface area (Å²) in [7, 11) is 1.58. The van der Waals surface area contributed by atoms with Crippen LogP contribution in [0.3, 0.4) is 0 Å². The molecule has 4 heterocycles. The maximum atomic E-state index is 13.6. The monoisotopic (exact) mass is 460 g/mol. The van der Waals surface area contributed by atoms with E-state index in [0.717, 1.165) is 25.3 Å². The lowest BCUT2D eigenvalue weighted by Crippen LogP contribution is -2.73. The van der Waals surface area contributed by atoms with Crippen LogP contribution in [-0.2, 0) is 19.8 Å². The number of amides is 2. The molecule has 6 rings (SSSR count). The Morgan fingerprint density at radius 1 is 1.21 bits per heavy atom. The molecule has 0 radical (unpaired) electrons. The van der Waals surface area contributed by atoms with Gasteiger partial charge in [-0.2, -0.15) is 18.3 Å². The molecule has 3 atom stereocenters. The number of alkyl halides is 3. The predicted octanol–water partition coefficient (Wildman–Crippen LogP) is 3.57. The molecule has 2 bridgehead atoms. The normalized spacial score (nSPS) is 24.5. The van der Waals surface area contributed by atoms with E-state index in [1.54, 1.807) is 19.7 Å². The van der Waals surface area contributed by atoms with E-state index in [2.05, 4.69) is 32.5 Å². The van der Waals surface area contributed by atoms with E-state index >= 15 is 0 Å². The van der Waals surface area contributed by atoms with Crippen LogP contribution >= 0.6 is 0 Å². The molecular formula is C21H23F3N8O. The van der Waals surface area contributed by atoms with Gasteiger partial charge in [-0.05, 0) is 43.4 Å². The van der Waals surface area contributed by atoms with Crippen LogP contribution in [0.15, 0.2) is 37.2 Å². The van der Waals surface area contributed by atoms with Gasteiger partial charge in [-0.25, -0.2) is 9.78 Å². The fourth-order valence-corrected chi connectivity index (χ4v) is 5.40. The predicted molar refractivity (Wildman–Crippen MR) is 112 cm³/mol. The molecule has 2 saturated heterocycles. The highest BCUT2D eigenvalue weighted by atomic mass is 19.4. The number of halogens is 3. The van der Waals surface area contributed by atoms with Gasteiger partial charge in [0.05, 0.1) is 11.1 Å². The molecule has 3 aliphatic rings. The van der Waals surface area contributed by atoms with Crippen LogP contribution in [0.1, 0.15) is 31.7 Å². The first-order valence-corrected chi connectivity index (χ1v) is 10.6. The Labute approximate surface area is 187 Å². The number of carbonyl (C=O) groups excluding carboxylic acids is 1. The number of nitrogens with one attached hydrogen (secondary N) is 1. The van der Waals surface area contributed by atoms with Crippen molar-refractivity contribution in [2.24, 2.45) is 13.0 Å². The third-order valence-corrected chi connectivity index (χ3v) is 6.47. The largest absolute Gasteiger partial charge is 0.417 e. The third kappa shape index (κ3) is 3.83. The standard InChI is InChI=1S/C21H23F3N8O/c1-13-5-15-8-20(7-13,9-31-11-26-27-12-31)32(15)19(33)28-14-3-4-17(21(22,23)24)16(6-14)18-25-10-30(2)29-18/h3-4,6,10-13,15H,5,7-9H2,1-2H3,(H,28,33)/t13-,15-,20+/m0/s1. The second-order valence-electron chi connectivity index (χ2n) is 9.06. The Bertz CT molecular complexity index is 1170. The molecule has 9 nitrogen and oxygen atoms in total. The van der Waals surface area contributed by atoms with Gasteiger partial charge in [0, 0.05) is 30.9 Å². The van der Waals surface area contributed by atoms with Gasteiger partial charge in [0.25, 0.3) is 0 Å². The molecule has 2 amide bonds. The average Bonchev–Trinajstić information content (AvgIpc) is 3.38. The van der Waals surface area contributed by atoms with Crippen LogP contribution in [-0.4, -0.2) is 52.0 Å². The SMILES string of the molecule is C[C@H]1C[C@H]2C[C@@](Cn3cnnc3)(C1)N2C(=O)Nc1ccc(C(F)(F)F)c(-c2ncn(C)n2)c1. The molecular weight excluding hydrogens is 437 g/mol. The van der Waals surface area contributed by atoms with Gasteiger partial charge in [-0.15, -0.1) is 10.2 Å². The minimum Gasteiger partial charge on any atom is -0.318 e. The molecule has 1 saturated carbocycles. The van der Waals surface area contributed by atoms with Crippen molar-refractivity contribution >= 4 is 11.7 Å². The molecule has 2 aliphatic heterocycles. The summed E-state index contributed by atoms with van der Waals surface area (Å²) in [6.07, 6.45) is 2.61. The van der Waals surface area contributed by atoms with Crippen molar-refractivity contribution in [3.05, 3.63) is 42.7 Å². The van der Waals surface area contributed by atoms with Crippen LogP contribution in [0.25, 0.3) is 11.4 Å². The van der Waals surface area contributed by atoms with E-state index in [1.165, 1.54) is 23.1 Å². The number of anilines is 1. The number of nitrogens with zero attached hydrogens (tertiary/aromatic N) is 7. The van der Waals surface area contributed by atoms with Crippen molar-refractivity contribution in [1.29, 1.82) is 0 Å². The number of aryl methyl sites for hydroxylation is 1.